The molecule has 0 saturated heterocycles. The summed E-state index contributed by atoms with van der Waals surface area (Å²) in [5.74, 6) is -0.466. The van der Waals surface area contributed by atoms with Crippen molar-refractivity contribution in [2.45, 2.75) is 6.42 Å². The molecule has 0 atom stereocenters. The Morgan fingerprint density at radius 2 is 1.86 bits per heavy atom. The van der Waals surface area contributed by atoms with Crippen LogP contribution < -0.4 is 10.6 Å². The Labute approximate surface area is 173 Å². The zero-order valence-corrected chi connectivity index (χ0v) is 16.7. The van der Waals surface area contributed by atoms with Crippen LogP contribution in [0.25, 0.3) is 6.08 Å². The van der Waals surface area contributed by atoms with Crippen LogP contribution in [0.3, 0.4) is 0 Å². The molecule has 0 bridgehead atoms. The lowest BCUT2D eigenvalue weighted by molar-refractivity contribution is -0.384. The standard InChI is InChI=1S/C20H20N4O4S/c1-23(2)19(26)13-15-6-9-16(10-7-15)21-20(29)22-18(25)11-8-14-4-3-5-17(12-14)24(27)28/h3-12H,13H2,1-2H3,(H2,21,22,25,29)/b11-8+. The molecule has 0 aliphatic heterocycles. The van der Waals surface area contributed by atoms with Crippen molar-refractivity contribution in [3.05, 3.63) is 75.8 Å². The summed E-state index contributed by atoms with van der Waals surface area (Å²) in [7, 11) is 3.40. The first kappa shape index (κ1) is 21.7. The molecule has 0 radical (unpaired) electrons. The first-order chi connectivity index (χ1) is 13.7. The van der Waals surface area contributed by atoms with Gasteiger partial charge in [-0.25, -0.2) is 0 Å². The highest BCUT2D eigenvalue weighted by Gasteiger charge is 2.07. The predicted octanol–water partition coefficient (Wildman–Crippen LogP) is 2.75. The van der Waals surface area contributed by atoms with Gasteiger partial charge in [0.05, 0.1) is 11.3 Å². The summed E-state index contributed by atoms with van der Waals surface area (Å²) >= 11 is 5.11. The third-order valence-electron chi connectivity index (χ3n) is 3.81. The van der Waals surface area contributed by atoms with Crippen LogP contribution in [-0.2, 0) is 16.0 Å². The number of nitro groups is 1. The number of carbonyl (C=O) groups excluding carboxylic acids is 2. The van der Waals surface area contributed by atoms with Crippen molar-refractivity contribution in [1.29, 1.82) is 0 Å². The van der Waals surface area contributed by atoms with Gasteiger partial charge in [0, 0.05) is 38.0 Å². The second-order valence-electron chi connectivity index (χ2n) is 6.29. The zero-order chi connectivity index (χ0) is 21.4. The molecule has 0 spiro atoms. The molecule has 2 N–H and O–H groups in total. The average molecular weight is 412 g/mol. The molecule has 8 nitrogen and oxygen atoms in total. The Morgan fingerprint density at radius 3 is 2.48 bits per heavy atom. The second-order valence-corrected chi connectivity index (χ2v) is 6.70. The zero-order valence-electron chi connectivity index (χ0n) is 15.9. The number of hydrogen-bond donors (Lipinski definition) is 2. The van der Waals surface area contributed by atoms with Crippen LogP contribution in [0.2, 0.25) is 0 Å². The van der Waals surface area contributed by atoms with Gasteiger partial charge in [0.25, 0.3) is 5.69 Å². The Hall–Kier alpha value is -3.59. The highest BCUT2D eigenvalue weighted by atomic mass is 32.1. The maximum absolute atomic E-state index is 12.0. The number of rotatable bonds is 6. The smallest absolute Gasteiger partial charge is 0.270 e. The minimum atomic E-state index is -0.502. The summed E-state index contributed by atoms with van der Waals surface area (Å²) in [5.41, 5.74) is 2.00. The van der Waals surface area contributed by atoms with E-state index in [0.29, 0.717) is 17.7 Å². The van der Waals surface area contributed by atoms with Gasteiger partial charge in [-0.05, 0) is 41.6 Å². The maximum atomic E-state index is 12.0. The quantitative estimate of drug-likeness (QED) is 0.327. The molecule has 0 aromatic heterocycles. The highest BCUT2D eigenvalue weighted by molar-refractivity contribution is 7.80. The molecule has 0 unspecified atom stereocenters. The average Bonchev–Trinajstić information content (AvgIpc) is 2.68. The first-order valence-electron chi connectivity index (χ1n) is 8.58. The predicted molar refractivity (Wildman–Crippen MR) is 115 cm³/mol. The third kappa shape index (κ3) is 7.15. The number of amides is 2. The van der Waals surface area contributed by atoms with E-state index in [1.54, 1.807) is 44.4 Å². The number of nitrogens with zero attached hydrogens (tertiary/aromatic N) is 2. The number of nitrogens with one attached hydrogen (secondary N) is 2. The third-order valence-corrected chi connectivity index (χ3v) is 4.01. The van der Waals surface area contributed by atoms with Gasteiger partial charge in [-0.3, -0.25) is 25.0 Å². The summed E-state index contributed by atoms with van der Waals surface area (Å²) in [5, 5.41) is 16.3. The number of carbonyl (C=O) groups is 2. The van der Waals surface area contributed by atoms with Gasteiger partial charge in [-0.1, -0.05) is 24.3 Å². The lowest BCUT2D eigenvalue weighted by Crippen LogP contribution is -2.32. The Morgan fingerprint density at radius 1 is 1.17 bits per heavy atom. The number of benzene rings is 2. The van der Waals surface area contributed by atoms with E-state index in [4.69, 9.17) is 12.2 Å². The Balaban J connectivity index is 1.88. The van der Waals surface area contributed by atoms with Crippen molar-refractivity contribution in [2.24, 2.45) is 0 Å². The van der Waals surface area contributed by atoms with Crippen molar-refractivity contribution >= 4 is 46.6 Å². The lowest BCUT2D eigenvalue weighted by Gasteiger charge is -2.11. The largest absolute Gasteiger partial charge is 0.349 e. The molecular weight excluding hydrogens is 392 g/mol. The van der Waals surface area contributed by atoms with E-state index in [1.807, 2.05) is 0 Å². The molecule has 9 heteroatoms. The van der Waals surface area contributed by atoms with E-state index in [1.165, 1.54) is 35.3 Å². The molecule has 0 saturated carbocycles. The first-order valence-corrected chi connectivity index (χ1v) is 8.99. The molecular formula is C20H20N4O4S. The fraction of sp³-hybridized carbons (Fsp3) is 0.150. The van der Waals surface area contributed by atoms with Gasteiger partial charge in [0.2, 0.25) is 11.8 Å². The molecule has 0 aliphatic rings. The number of non-ortho nitro benzene ring substituents is 1. The summed E-state index contributed by atoms with van der Waals surface area (Å²) in [6.07, 6.45) is 3.00. The monoisotopic (exact) mass is 412 g/mol. The maximum Gasteiger partial charge on any atom is 0.270 e. The van der Waals surface area contributed by atoms with E-state index in [0.717, 1.165) is 5.56 Å². The Bertz CT molecular complexity index is 955. The second kappa shape index (κ2) is 10.1. The molecule has 2 amide bonds. The van der Waals surface area contributed by atoms with Gasteiger partial charge in [-0.2, -0.15) is 0 Å². The van der Waals surface area contributed by atoms with Crippen molar-refractivity contribution < 1.29 is 14.5 Å². The normalized spacial score (nSPS) is 10.4. The van der Waals surface area contributed by atoms with Crippen LogP contribution in [0.5, 0.6) is 0 Å². The molecule has 0 aliphatic carbocycles. The number of nitro benzene ring substituents is 1. The van der Waals surface area contributed by atoms with Gasteiger partial charge in [0.15, 0.2) is 5.11 Å². The van der Waals surface area contributed by atoms with E-state index in [2.05, 4.69) is 10.6 Å². The minimum absolute atomic E-state index is 0.00373. The summed E-state index contributed by atoms with van der Waals surface area (Å²) in [6.45, 7) is 0. The van der Waals surface area contributed by atoms with Crippen molar-refractivity contribution in [1.82, 2.24) is 10.2 Å². The fourth-order valence-electron chi connectivity index (χ4n) is 2.27. The molecule has 0 heterocycles. The summed E-state index contributed by atoms with van der Waals surface area (Å²) < 4.78 is 0. The van der Waals surface area contributed by atoms with Gasteiger partial charge in [-0.15, -0.1) is 0 Å². The highest BCUT2D eigenvalue weighted by Crippen LogP contribution is 2.14. The lowest BCUT2D eigenvalue weighted by atomic mass is 10.1. The summed E-state index contributed by atoms with van der Waals surface area (Å²) in [6, 6.07) is 13.0. The van der Waals surface area contributed by atoms with Crippen LogP contribution in [-0.4, -0.2) is 40.8 Å². The van der Waals surface area contributed by atoms with Gasteiger partial charge >= 0.3 is 0 Å². The van der Waals surface area contributed by atoms with Crippen molar-refractivity contribution in [3.8, 4) is 0 Å². The molecule has 2 aromatic rings. The fourth-order valence-corrected chi connectivity index (χ4v) is 2.49. The molecule has 29 heavy (non-hydrogen) atoms. The number of anilines is 1. The minimum Gasteiger partial charge on any atom is -0.349 e. The van der Waals surface area contributed by atoms with Crippen molar-refractivity contribution in [3.63, 3.8) is 0 Å². The van der Waals surface area contributed by atoms with Crippen molar-refractivity contribution in [2.75, 3.05) is 19.4 Å². The van der Waals surface area contributed by atoms with Crippen LogP contribution in [0.15, 0.2) is 54.6 Å². The van der Waals surface area contributed by atoms with Crippen LogP contribution in [0.4, 0.5) is 11.4 Å². The molecule has 0 fully saturated rings. The van der Waals surface area contributed by atoms with E-state index < -0.39 is 10.8 Å². The van der Waals surface area contributed by atoms with Gasteiger partial charge < -0.3 is 10.2 Å². The topological polar surface area (TPSA) is 105 Å². The van der Waals surface area contributed by atoms with E-state index >= 15 is 0 Å². The molecule has 2 rings (SSSR count). The molecule has 2 aromatic carbocycles. The van der Waals surface area contributed by atoms with Crippen LogP contribution in [0, 0.1) is 10.1 Å². The molecule has 150 valence electrons. The van der Waals surface area contributed by atoms with Crippen LogP contribution in [0.1, 0.15) is 11.1 Å². The van der Waals surface area contributed by atoms with E-state index in [9.17, 15) is 19.7 Å². The van der Waals surface area contributed by atoms with Gasteiger partial charge in [0.1, 0.15) is 0 Å². The number of hydrogen-bond acceptors (Lipinski definition) is 5. The van der Waals surface area contributed by atoms with E-state index in [-0.39, 0.29) is 16.7 Å². The number of likely N-dealkylation sites (N-methyl/N-ethyl adjacent to an activating group) is 1. The summed E-state index contributed by atoms with van der Waals surface area (Å²) in [4.78, 5) is 35.5. The van der Waals surface area contributed by atoms with Crippen LogP contribution >= 0.6 is 12.2 Å². The Kier molecular flexibility index (Phi) is 7.55. The SMILES string of the molecule is CN(C)C(=O)Cc1ccc(NC(=S)NC(=O)/C=C/c2cccc([N+](=O)[O-])c2)cc1. The number of thiocarbonyl (C=S) groups is 1.